The molecule has 132 valence electrons. The smallest absolute Gasteiger partial charge is 0.225 e. The second-order valence-electron chi connectivity index (χ2n) is 7.08. The summed E-state index contributed by atoms with van der Waals surface area (Å²) in [4.78, 5) is 26.8. The van der Waals surface area contributed by atoms with Crippen LogP contribution in [0.3, 0.4) is 0 Å². The number of likely N-dealkylation sites (tertiary alicyclic amines) is 1. The van der Waals surface area contributed by atoms with Crippen molar-refractivity contribution in [3.05, 3.63) is 18.0 Å². The number of nitrogens with two attached hydrogens (primary N) is 1. The highest BCUT2D eigenvalue weighted by atomic mass is 16.2. The van der Waals surface area contributed by atoms with Gasteiger partial charge in [-0.05, 0) is 31.7 Å². The Morgan fingerprint density at radius 3 is 2.83 bits per heavy atom. The zero-order valence-corrected chi connectivity index (χ0v) is 14.4. The Labute approximate surface area is 142 Å². The van der Waals surface area contributed by atoms with E-state index in [9.17, 15) is 9.59 Å². The summed E-state index contributed by atoms with van der Waals surface area (Å²) in [6.45, 7) is 0.611. The Hall–Kier alpha value is -1.89. The third kappa shape index (κ3) is 3.17. The molecule has 1 aromatic rings. The van der Waals surface area contributed by atoms with E-state index >= 15 is 0 Å². The quantitative estimate of drug-likeness (QED) is 0.842. The van der Waals surface area contributed by atoms with Crippen molar-refractivity contribution in [2.24, 2.45) is 24.6 Å². The van der Waals surface area contributed by atoms with Gasteiger partial charge in [0.15, 0.2) is 0 Å². The van der Waals surface area contributed by atoms with Gasteiger partial charge in [0.1, 0.15) is 0 Å². The molecule has 4 atom stereocenters. The summed E-state index contributed by atoms with van der Waals surface area (Å²) in [7, 11) is 3.62. The van der Waals surface area contributed by atoms with Crippen LogP contribution < -0.4 is 11.1 Å². The van der Waals surface area contributed by atoms with Crippen LogP contribution in [0.25, 0.3) is 0 Å². The van der Waals surface area contributed by atoms with E-state index in [0.717, 1.165) is 24.8 Å². The van der Waals surface area contributed by atoms with E-state index in [1.165, 1.54) is 0 Å². The summed E-state index contributed by atoms with van der Waals surface area (Å²) < 4.78 is 1.71. The lowest BCUT2D eigenvalue weighted by molar-refractivity contribution is -0.142. The average Bonchev–Trinajstić information content (AvgIpc) is 3.18. The first-order chi connectivity index (χ1) is 11.5. The van der Waals surface area contributed by atoms with E-state index in [1.807, 2.05) is 13.2 Å². The molecule has 2 fully saturated rings. The van der Waals surface area contributed by atoms with Crippen molar-refractivity contribution < 1.29 is 9.59 Å². The molecule has 0 spiro atoms. The minimum atomic E-state index is -0.252. The number of aromatic nitrogens is 2. The number of nitrogens with zero attached hydrogens (tertiary/aromatic N) is 3. The van der Waals surface area contributed by atoms with Crippen LogP contribution in [0.1, 0.15) is 43.7 Å². The number of hydrogen-bond donors (Lipinski definition) is 2. The molecule has 1 aliphatic heterocycles. The highest BCUT2D eigenvalue weighted by Crippen LogP contribution is 2.36. The fourth-order valence-electron chi connectivity index (χ4n) is 4.16. The van der Waals surface area contributed by atoms with E-state index < -0.39 is 0 Å². The first kappa shape index (κ1) is 17.0. The standard InChI is InChI=1S/C17H27N5O2/c1-21-10-12(9-19-21)16-13(6-7-15(23)22(16)2)17(24)20-14-5-3-4-11(14)8-18/h9-11,13-14,16H,3-8,18H2,1-2H3,(H,20,24). The molecule has 0 radical (unpaired) electrons. The van der Waals surface area contributed by atoms with Gasteiger partial charge in [0.25, 0.3) is 0 Å². The van der Waals surface area contributed by atoms with Crippen molar-refractivity contribution >= 4 is 11.8 Å². The zero-order valence-electron chi connectivity index (χ0n) is 14.4. The Bertz CT molecular complexity index is 614. The van der Waals surface area contributed by atoms with Crippen molar-refractivity contribution in [3.8, 4) is 0 Å². The fourth-order valence-corrected chi connectivity index (χ4v) is 4.16. The maximum Gasteiger partial charge on any atom is 0.225 e. The van der Waals surface area contributed by atoms with Crippen LogP contribution in [0.5, 0.6) is 0 Å². The van der Waals surface area contributed by atoms with Crippen LogP contribution in [0.15, 0.2) is 12.4 Å². The van der Waals surface area contributed by atoms with E-state index in [1.54, 1.807) is 22.8 Å². The number of hydrogen-bond acceptors (Lipinski definition) is 4. The molecule has 4 unspecified atom stereocenters. The third-order valence-electron chi connectivity index (χ3n) is 5.55. The summed E-state index contributed by atoms with van der Waals surface area (Å²) in [5.74, 6) is 0.242. The number of carbonyl (C=O) groups is 2. The highest BCUT2D eigenvalue weighted by Gasteiger charge is 2.40. The topological polar surface area (TPSA) is 93.2 Å². The first-order valence-electron chi connectivity index (χ1n) is 8.76. The summed E-state index contributed by atoms with van der Waals surface area (Å²) in [5, 5.41) is 7.41. The number of amides is 2. The molecule has 3 N–H and O–H groups in total. The lowest BCUT2D eigenvalue weighted by Gasteiger charge is -2.38. The van der Waals surface area contributed by atoms with E-state index in [4.69, 9.17) is 5.73 Å². The van der Waals surface area contributed by atoms with Crippen LogP contribution in [0, 0.1) is 11.8 Å². The molecule has 2 amide bonds. The second-order valence-corrected chi connectivity index (χ2v) is 7.08. The Balaban J connectivity index is 1.78. The molecule has 1 aliphatic carbocycles. The van der Waals surface area contributed by atoms with E-state index in [-0.39, 0.29) is 29.8 Å². The number of aryl methyl sites for hydroxylation is 1. The predicted octanol–water partition coefficient (Wildman–Crippen LogP) is 0.573. The van der Waals surface area contributed by atoms with E-state index in [0.29, 0.717) is 25.3 Å². The van der Waals surface area contributed by atoms with Gasteiger partial charge in [-0.1, -0.05) is 6.42 Å². The zero-order chi connectivity index (χ0) is 17.3. The third-order valence-corrected chi connectivity index (χ3v) is 5.55. The van der Waals surface area contributed by atoms with Crippen molar-refractivity contribution in [1.82, 2.24) is 20.0 Å². The Kier molecular flexibility index (Phi) is 4.89. The molecule has 1 saturated carbocycles. The maximum atomic E-state index is 12.9. The maximum absolute atomic E-state index is 12.9. The van der Waals surface area contributed by atoms with Crippen LogP contribution in [-0.4, -0.2) is 46.1 Å². The molecule has 7 heteroatoms. The van der Waals surface area contributed by atoms with E-state index in [2.05, 4.69) is 10.4 Å². The van der Waals surface area contributed by atoms with Gasteiger partial charge in [-0.25, -0.2) is 0 Å². The van der Waals surface area contributed by atoms with Gasteiger partial charge in [-0.15, -0.1) is 0 Å². The molecule has 7 nitrogen and oxygen atoms in total. The van der Waals surface area contributed by atoms with Crippen LogP contribution >= 0.6 is 0 Å². The van der Waals surface area contributed by atoms with Gasteiger partial charge in [0, 0.05) is 38.3 Å². The summed E-state index contributed by atoms with van der Waals surface area (Å²) in [6, 6.07) is -0.0855. The minimum Gasteiger partial charge on any atom is -0.353 e. The molecule has 1 aromatic heterocycles. The first-order valence-corrected chi connectivity index (χ1v) is 8.76. The largest absolute Gasteiger partial charge is 0.353 e. The molecule has 3 rings (SSSR count). The van der Waals surface area contributed by atoms with Gasteiger partial charge >= 0.3 is 0 Å². The molecule has 0 bridgehead atoms. The molecular weight excluding hydrogens is 306 g/mol. The minimum absolute atomic E-state index is 0.0357. The SMILES string of the molecule is CN1C(=O)CCC(C(=O)NC2CCCC2CN)C1c1cnn(C)c1. The predicted molar refractivity (Wildman–Crippen MR) is 89.8 cm³/mol. The van der Waals surface area contributed by atoms with Crippen LogP contribution in [0.2, 0.25) is 0 Å². The van der Waals surface area contributed by atoms with Gasteiger partial charge < -0.3 is 16.0 Å². The van der Waals surface area contributed by atoms with Crippen molar-refractivity contribution in [3.63, 3.8) is 0 Å². The molecule has 2 heterocycles. The van der Waals surface area contributed by atoms with Gasteiger partial charge in [-0.3, -0.25) is 14.3 Å². The number of carbonyl (C=O) groups excluding carboxylic acids is 2. The second kappa shape index (κ2) is 6.93. The van der Waals surface area contributed by atoms with Crippen molar-refractivity contribution in [2.75, 3.05) is 13.6 Å². The summed E-state index contributed by atoms with van der Waals surface area (Å²) in [5.41, 5.74) is 6.74. The number of nitrogens with one attached hydrogen (secondary N) is 1. The lowest BCUT2D eigenvalue weighted by atomic mass is 9.84. The summed E-state index contributed by atoms with van der Waals surface area (Å²) >= 11 is 0. The Morgan fingerprint density at radius 1 is 1.38 bits per heavy atom. The normalized spacial score (nSPS) is 30.6. The highest BCUT2D eigenvalue weighted by molar-refractivity contribution is 5.85. The van der Waals surface area contributed by atoms with Gasteiger partial charge in [0.2, 0.25) is 11.8 Å². The van der Waals surface area contributed by atoms with Crippen LogP contribution in [-0.2, 0) is 16.6 Å². The molecule has 0 aromatic carbocycles. The molecule has 1 saturated heterocycles. The molecular formula is C17H27N5O2. The molecule has 24 heavy (non-hydrogen) atoms. The Morgan fingerprint density at radius 2 is 2.17 bits per heavy atom. The number of rotatable bonds is 4. The van der Waals surface area contributed by atoms with Gasteiger partial charge in [0.05, 0.1) is 18.2 Å². The van der Waals surface area contributed by atoms with Crippen molar-refractivity contribution in [2.45, 2.75) is 44.2 Å². The van der Waals surface area contributed by atoms with Gasteiger partial charge in [-0.2, -0.15) is 5.10 Å². The van der Waals surface area contributed by atoms with Crippen LogP contribution in [0.4, 0.5) is 0 Å². The summed E-state index contributed by atoms with van der Waals surface area (Å²) in [6.07, 6.45) is 7.81. The fraction of sp³-hybridized carbons (Fsp3) is 0.706. The average molecular weight is 333 g/mol. The molecule has 2 aliphatic rings. The lowest BCUT2D eigenvalue weighted by Crippen LogP contribution is -2.49. The monoisotopic (exact) mass is 333 g/mol. The number of piperidine rings is 1. The van der Waals surface area contributed by atoms with Crippen molar-refractivity contribution in [1.29, 1.82) is 0 Å².